The standard InChI is InChI=1S/C23H24N2O7S/c1-15-7-5-6-12-25(15)33(29,30)20-13-16(10-11-19(20)31-2)23(28)32-14-24-21(26)17-8-3-4-9-18(17)22(24)27/h3-4,8-11,13,15H,5-7,12,14H2,1-2H3/t15-/m0/s1. The molecule has 2 amide bonds. The SMILES string of the molecule is COc1ccc(C(=O)OCN2C(=O)c3ccccc3C2=O)cc1S(=O)(=O)N1CCCC[C@@H]1C. The van der Waals surface area contributed by atoms with Crippen molar-refractivity contribution in [1.29, 1.82) is 0 Å². The van der Waals surface area contributed by atoms with Crippen molar-refractivity contribution in [2.24, 2.45) is 0 Å². The molecule has 10 heteroatoms. The molecule has 2 heterocycles. The van der Waals surface area contributed by atoms with Gasteiger partial charge in [0.25, 0.3) is 11.8 Å². The van der Waals surface area contributed by atoms with E-state index in [2.05, 4.69) is 0 Å². The molecule has 2 aromatic rings. The number of fused-ring (bicyclic) bond motifs is 1. The summed E-state index contributed by atoms with van der Waals surface area (Å²) in [5.74, 6) is -1.86. The highest BCUT2D eigenvalue weighted by atomic mass is 32.2. The van der Waals surface area contributed by atoms with Gasteiger partial charge in [0.15, 0.2) is 6.73 Å². The molecular weight excluding hydrogens is 448 g/mol. The average Bonchev–Trinajstić information content (AvgIpc) is 3.07. The third kappa shape index (κ3) is 4.11. The monoisotopic (exact) mass is 472 g/mol. The summed E-state index contributed by atoms with van der Waals surface area (Å²) in [6.07, 6.45) is 2.46. The zero-order valence-electron chi connectivity index (χ0n) is 18.3. The van der Waals surface area contributed by atoms with Crippen molar-refractivity contribution in [3.63, 3.8) is 0 Å². The number of hydrogen-bond donors (Lipinski definition) is 0. The summed E-state index contributed by atoms with van der Waals surface area (Å²) in [5, 5.41) is 0. The van der Waals surface area contributed by atoms with Gasteiger partial charge in [-0.25, -0.2) is 18.1 Å². The molecule has 0 N–H and O–H groups in total. The average molecular weight is 473 g/mol. The Morgan fingerprint density at radius 3 is 2.33 bits per heavy atom. The van der Waals surface area contributed by atoms with Crippen LogP contribution in [0.3, 0.4) is 0 Å². The first-order chi connectivity index (χ1) is 15.8. The largest absolute Gasteiger partial charge is 0.495 e. The minimum absolute atomic E-state index is 0.0318. The lowest BCUT2D eigenvalue weighted by molar-refractivity contribution is 0.0228. The van der Waals surface area contributed by atoms with Crippen LogP contribution in [0.2, 0.25) is 0 Å². The van der Waals surface area contributed by atoms with E-state index in [0.717, 1.165) is 24.2 Å². The Balaban J connectivity index is 1.55. The van der Waals surface area contributed by atoms with Gasteiger partial charge < -0.3 is 9.47 Å². The number of ether oxygens (including phenoxy) is 2. The Morgan fingerprint density at radius 1 is 1.06 bits per heavy atom. The lowest BCUT2D eigenvalue weighted by Gasteiger charge is -2.32. The van der Waals surface area contributed by atoms with E-state index in [1.54, 1.807) is 12.1 Å². The number of piperidine rings is 1. The minimum atomic E-state index is -3.91. The third-order valence-electron chi connectivity index (χ3n) is 5.93. The second-order valence-electron chi connectivity index (χ2n) is 7.97. The summed E-state index contributed by atoms with van der Waals surface area (Å²) >= 11 is 0. The molecule has 1 fully saturated rings. The van der Waals surface area contributed by atoms with Crippen molar-refractivity contribution >= 4 is 27.8 Å². The summed E-state index contributed by atoms with van der Waals surface area (Å²) in [7, 11) is -2.56. The van der Waals surface area contributed by atoms with Crippen LogP contribution < -0.4 is 4.74 Å². The van der Waals surface area contributed by atoms with Crippen LogP contribution in [0.1, 0.15) is 57.3 Å². The second-order valence-corrected chi connectivity index (χ2v) is 9.83. The maximum absolute atomic E-state index is 13.3. The molecule has 174 valence electrons. The highest BCUT2D eigenvalue weighted by Gasteiger charge is 2.36. The van der Waals surface area contributed by atoms with Gasteiger partial charge in [-0.15, -0.1) is 0 Å². The van der Waals surface area contributed by atoms with Crippen molar-refractivity contribution in [3.05, 3.63) is 59.2 Å². The summed E-state index contributed by atoms with van der Waals surface area (Å²) < 4.78 is 38.5. The number of carbonyl (C=O) groups excluding carboxylic acids is 3. The van der Waals surface area contributed by atoms with Crippen molar-refractivity contribution in [3.8, 4) is 5.75 Å². The van der Waals surface area contributed by atoms with Gasteiger partial charge in [0.2, 0.25) is 10.0 Å². The molecule has 1 atom stereocenters. The van der Waals surface area contributed by atoms with Crippen molar-refractivity contribution < 1.29 is 32.3 Å². The smallest absolute Gasteiger partial charge is 0.339 e. The molecule has 0 bridgehead atoms. The highest BCUT2D eigenvalue weighted by molar-refractivity contribution is 7.89. The Bertz CT molecular complexity index is 1190. The van der Waals surface area contributed by atoms with Crippen LogP contribution in [-0.4, -0.2) is 61.8 Å². The van der Waals surface area contributed by atoms with Gasteiger partial charge in [0.1, 0.15) is 10.6 Å². The first-order valence-corrected chi connectivity index (χ1v) is 12.0. The second kappa shape index (κ2) is 8.95. The first kappa shape index (κ1) is 22.9. The van der Waals surface area contributed by atoms with E-state index in [1.807, 2.05) is 6.92 Å². The molecule has 0 aliphatic carbocycles. The predicted molar refractivity (Wildman–Crippen MR) is 117 cm³/mol. The molecule has 2 aromatic carbocycles. The Morgan fingerprint density at radius 2 is 1.73 bits per heavy atom. The molecule has 9 nitrogen and oxygen atoms in total. The van der Waals surface area contributed by atoms with E-state index in [4.69, 9.17) is 9.47 Å². The molecule has 0 spiro atoms. The number of carbonyl (C=O) groups is 3. The number of rotatable bonds is 6. The number of imide groups is 1. The van der Waals surface area contributed by atoms with Crippen molar-refractivity contribution in [2.45, 2.75) is 37.1 Å². The van der Waals surface area contributed by atoms with E-state index >= 15 is 0 Å². The van der Waals surface area contributed by atoms with Crippen LogP contribution in [0.4, 0.5) is 0 Å². The van der Waals surface area contributed by atoms with Crippen LogP contribution >= 0.6 is 0 Å². The Kier molecular flexibility index (Phi) is 6.22. The topological polar surface area (TPSA) is 110 Å². The number of methoxy groups -OCH3 is 1. The van der Waals surface area contributed by atoms with E-state index in [0.29, 0.717) is 6.54 Å². The summed E-state index contributed by atoms with van der Waals surface area (Å²) in [5.41, 5.74) is 0.453. The van der Waals surface area contributed by atoms with E-state index < -0.39 is 34.5 Å². The van der Waals surface area contributed by atoms with E-state index in [-0.39, 0.29) is 33.4 Å². The van der Waals surface area contributed by atoms with Gasteiger partial charge in [0.05, 0.1) is 23.8 Å². The number of nitrogens with zero attached hydrogens (tertiary/aromatic N) is 2. The van der Waals surface area contributed by atoms with Gasteiger partial charge in [-0.3, -0.25) is 9.59 Å². The fourth-order valence-corrected chi connectivity index (χ4v) is 6.01. The van der Waals surface area contributed by atoms with Crippen LogP contribution in [-0.2, 0) is 14.8 Å². The number of sulfonamides is 1. The number of hydrogen-bond acceptors (Lipinski definition) is 7. The fraction of sp³-hybridized carbons (Fsp3) is 0.348. The maximum Gasteiger partial charge on any atom is 0.339 e. The van der Waals surface area contributed by atoms with Gasteiger partial charge >= 0.3 is 5.97 Å². The van der Waals surface area contributed by atoms with E-state index in [1.165, 1.54) is 41.7 Å². The van der Waals surface area contributed by atoms with Crippen LogP contribution in [0.25, 0.3) is 0 Å². The zero-order chi connectivity index (χ0) is 23.8. The van der Waals surface area contributed by atoms with Gasteiger partial charge in [0, 0.05) is 12.6 Å². The van der Waals surface area contributed by atoms with Gasteiger partial charge in [-0.1, -0.05) is 18.6 Å². The van der Waals surface area contributed by atoms with Crippen molar-refractivity contribution in [1.82, 2.24) is 9.21 Å². The summed E-state index contributed by atoms with van der Waals surface area (Å²) in [6.45, 7) is 1.66. The van der Waals surface area contributed by atoms with Crippen LogP contribution in [0, 0.1) is 0 Å². The van der Waals surface area contributed by atoms with Gasteiger partial charge in [-0.05, 0) is 50.1 Å². The Labute approximate surface area is 191 Å². The molecular formula is C23H24N2O7S. The lowest BCUT2D eigenvalue weighted by atomic mass is 10.1. The zero-order valence-corrected chi connectivity index (χ0v) is 19.1. The van der Waals surface area contributed by atoms with Crippen LogP contribution in [0.5, 0.6) is 5.75 Å². The molecule has 0 saturated carbocycles. The molecule has 0 radical (unpaired) electrons. The quantitative estimate of drug-likeness (QED) is 0.469. The van der Waals surface area contributed by atoms with Crippen LogP contribution in [0.15, 0.2) is 47.4 Å². The third-order valence-corrected chi connectivity index (χ3v) is 7.97. The minimum Gasteiger partial charge on any atom is -0.495 e. The summed E-state index contributed by atoms with van der Waals surface area (Å²) in [4.78, 5) is 38.3. The molecule has 4 rings (SSSR count). The molecule has 0 unspecified atom stereocenters. The lowest BCUT2D eigenvalue weighted by Crippen LogP contribution is -2.42. The highest BCUT2D eigenvalue weighted by Crippen LogP contribution is 2.32. The van der Waals surface area contributed by atoms with Gasteiger partial charge in [-0.2, -0.15) is 4.31 Å². The summed E-state index contributed by atoms with van der Waals surface area (Å²) in [6, 6.07) is 10.1. The van der Waals surface area contributed by atoms with Crippen molar-refractivity contribution in [2.75, 3.05) is 20.4 Å². The Hall–Kier alpha value is -3.24. The fourth-order valence-electron chi connectivity index (χ4n) is 4.12. The normalized spacial score (nSPS) is 18.8. The molecule has 2 aliphatic heterocycles. The molecule has 0 aromatic heterocycles. The number of benzene rings is 2. The molecule has 1 saturated heterocycles. The number of amides is 2. The predicted octanol–water partition coefficient (Wildman–Crippen LogP) is 2.67. The van der Waals surface area contributed by atoms with E-state index in [9.17, 15) is 22.8 Å². The maximum atomic E-state index is 13.3. The molecule has 33 heavy (non-hydrogen) atoms. The molecule has 2 aliphatic rings. The number of esters is 1. The first-order valence-electron chi connectivity index (χ1n) is 10.6.